The van der Waals surface area contributed by atoms with Crippen molar-refractivity contribution in [3.05, 3.63) is 82.0 Å². The van der Waals surface area contributed by atoms with E-state index in [0.717, 1.165) is 6.07 Å². The van der Waals surface area contributed by atoms with Gasteiger partial charge in [0.05, 0.1) is 37.9 Å². The number of amides is 1. The smallest absolute Gasteiger partial charge is 0.358 e. The lowest BCUT2D eigenvalue weighted by molar-refractivity contribution is -0.898. The lowest BCUT2D eigenvalue weighted by Crippen LogP contribution is -2.39. The Morgan fingerprint density at radius 2 is 1.98 bits per heavy atom. The van der Waals surface area contributed by atoms with E-state index in [0.29, 0.717) is 23.0 Å². The number of nitriles is 1. The second kappa shape index (κ2) is 11.8. The number of alkyl halides is 3. The first-order chi connectivity index (χ1) is 20.2. The van der Waals surface area contributed by atoms with E-state index in [9.17, 15) is 32.5 Å². The molecule has 0 radical (unpaired) electrons. The van der Waals surface area contributed by atoms with Crippen molar-refractivity contribution in [1.29, 1.82) is 5.26 Å². The molecule has 0 aliphatic carbocycles. The number of hydrogen-bond acceptors (Lipinski definition) is 9. The van der Waals surface area contributed by atoms with Crippen LogP contribution in [0.2, 0.25) is 0 Å². The third kappa shape index (κ3) is 7.05. The molecular formula is C26H23F4N10O3+. The first-order valence-electron chi connectivity index (χ1n) is 12.3. The fraction of sp³-hybridized carbons (Fsp3) is 0.231. The molecule has 3 aromatic heterocycles. The number of fused-ring (bicyclic) bond motifs is 1. The molecule has 0 fully saturated rings. The van der Waals surface area contributed by atoms with E-state index in [2.05, 4.69) is 30.6 Å². The lowest BCUT2D eigenvalue weighted by atomic mass is 10.1. The number of nitrogens with one attached hydrogen (secondary N) is 2. The van der Waals surface area contributed by atoms with Crippen LogP contribution in [0.5, 0.6) is 0 Å². The maximum Gasteiger partial charge on any atom is 0.419 e. The fourth-order valence-electron chi connectivity index (χ4n) is 4.11. The number of carbonyl (C=O) groups is 1. The zero-order valence-corrected chi connectivity index (χ0v) is 22.8. The van der Waals surface area contributed by atoms with Crippen LogP contribution >= 0.6 is 0 Å². The van der Waals surface area contributed by atoms with Crippen LogP contribution in [0.4, 0.5) is 40.7 Å². The molecule has 4 rings (SSSR count). The molecule has 4 aromatic rings. The molecule has 0 aliphatic heterocycles. The molecule has 0 saturated heterocycles. The molecule has 222 valence electrons. The number of nitrogens with zero attached hydrogens (tertiary/aromatic N) is 8. The highest BCUT2D eigenvalue weighted by molar-refractivity contribution is 6.00. The van der Waals surface area contributed by atoms with Crippen LogP contribution in [-0.4, -0.2) is 60.5 Å². The summed E-state index contributed by atoms with van der Waals surface area (Å²) in [6, 6.07) is 5.67. The number of anilines is 3. The first kappa shape index (κ1) is 30.5. The first-order valence-corrected chi connectivity index (χ1v) is 12.3. The predicted molar refractivity (Wildman–Crippen MR) is 145 cm³/mol. The summed E-state index contributed by atoms with van der Waals surface area (Å²) in [6.07, 6.45) is 0.428. The minimum Gasteiger partial charge on any atom is -0.358 e. The number of carbonyl (C=O) groups excluding carboxylic acids is 1. The predicted octanol–water partition coefficient (Wildman–Crippen LogP) is 4.21. The highest BCUT2D eigenvalue weighted by atomic mass is 19.4. The molecule has 1 amide bonds. The topological polar surface area (TPSA) is 165 Å². The van der Waals surface area contributed by atoms with Crippen LogP contribution in [0.1, 0.15) is 17.1 Å². The number of aromatic nitrogens is 5. The summed E-state index contributed by atoms with van der Waals surface area (Å²) in [7, 11) is 5.07. The van der Waals surface area contributed by atoms with Gasteiger partial charge in [-0.15, -0.1) is 0 Å². The van der Waals surface area contributed by atoms with Crippen molar-refractivity contribution in [2.75, 3.05) is 31.3 Å². The number of hydrogen-bond donors (Lipinski definition) is 2. The SMILES string of the molecule is Cn1c(C#N)nc([N+](=O)[O-])c1C[N+](C)(C)C/C=C/C(=O)Nc1cc2c(Nc3ccc(F)c(C(F)(F)F)c3)ncnc2cn1. The Bertz CT molecular complexity index is 1790. The Hall–Kier alpha value is -5.50. The molecule has 43 heavy (non-hydrogen) atoms. The molecule has 0 spiro atoms. The van der Waals surface area contributed by atoms with Gasteiger partial charge in [0.25, 0.3) is 0 Å². The van der Waals surface area contributed by atoms with Crippen molar-refractivity contribution in [1.82, 2.24) is 24.5 Å². The van der Waals surface area contributed by atoms with Gasteiger partial charge in [-0.05, 0) is 40.2 Å². The van der Waals surface area contributed by atoms with Gasteiger partial charge >= 0.3 is 17.8 Å². The van der Waals surface area contributed by atoms with Gasteiger partial charge in [0.15, 0.2) is 11.8 Å². The van der Waals surface area contributed by atoms with Gasteiger partial charge in [-0.2, -0.15) is 18.4 Å². The van der Waals surface area contributed by atoms with Gasteiger partial charge in [0, 0.05) is 24.2 Å². The van der Waals surface area contributed by atoms with E-state index in [4.69, 9.17) is 5.26 Å². The fourth-order valence-corrected chi connectivity index (χ4v) is 4.11. The maximum atomic E-state index is 13.7. The van der Waals surface area contributed by atoms with Gasteiger partial charge in [-0.25, -0.2) is 19.3 Å². The quantitative estimate of drug-likeness (QED) is 0.0943. The third-order valence-corrected chi connectivity index (χ3v) is 6.22. The number of nitro groups is 1. The molecule has 3 heterocycles. The average Bonchev–Trinajstić information content (AvgIpc) is 3.23. The number of likely N-dealkylation sites (N-methyl/N-ethyl adjacent to an activating group) is 1. The van der Waals surface area contributed by atoms with E-state index < -0.39 is 34.2 Å². The highest BCUT2D eigenvalue weighted by Crippen LogP contribution is 2.34. The van der Waals surface area contributed by atoms with Crippen molar-refractivity contribution >= 4 is 40.0 Å². The average molecular weight is 600 g/mol. The van der Waals surface area contributed by atoms with Gasteiger partial charge in [0.1, 0.15) is 30.3 Å². The molecule has 2 N–H and O–H groups in total. The van der Waals surface area contributed by atoms with Crippen LogP contribution in [0.15, 0.2) is 48.9 Å². The van der Waals surface area contributed by atoms with Crippen LogP contribution < -0.4 is 10.6 Å². The number of halogens is 4. The lowest BCUT2D eigenvalue weighted by Gasteiger charge is -2.28. The van der Waals surface area contributed by atoms with Crippen LogP contribution in [0.25, 0.3) is 10.9 Å². The summed E-state index contributed by atoms with van der Waals surface area (Å²) >= 11 is 0. The monoisotopic (exact) mass is 599 g/mol. The van der Waals surface area contributed by atoms with E-state index in [-0.39, 0.29) is 46.4 Å². The number of pyridine rings is 1. The normalized spacial score (nSPS) is 12.0. The zero-order chi connectivity index (χ0) is 31.5. The third-order valence-electron chi connectivity index (χ3n) is 6.22. The number of quaternary nitrogens is 1. The van der Waals surface area contributed by atoms with E-state index in [1.807, 2.05) is 6.07 Å². The summed E-state index contributed by atoms with van der Waals surface area (Å²) in [5.41, 5.74) is -0.927. The number of imidazole rings is 1. The standard InChI is InChI=1S/C26H22F4N10O3/c1-38-20(25(39(42)43)37-22(38)11-31)13-40(2,3)8-4-5-23(41)36-21-10-16-19(12-32-21)33-14-34-24(16)35-15-6-7-18(27)17(9-15)26(28,29)30/h4-7,9-10,12,14H,8,13H2,1-3H3,(H-,32,33,34,35,36,41)/p+1/b5-4+. The van der Waals surface area contributed by atoms with E-state index in [1.54, 1.807) is 20.2 Å². The molecular weight excluding hydrogens is 576 g/mol. The molecule has 0 atom stereocenters. The summed E-state index contributed by atoms with van der Waals surface area (Å²) in [4.78, 5) is 39.4. The molecule has 0 aliphatic rings. The van der Waals surface area contributed by atoms with Crippen molar-refractivity contribution in [3.8, 4) is 6.07 Å². The summed E-state index contributed by atoms with van der Waals surface area (Å²) in [5, 5.41) is 26.2. The Morgan fingerprint density at radius 3 is 2.65 bits per heavy atom. The minimum atomic E-state index is -4.89. The van der Waals surface area contributed by atoms with Crippen LogP contribution in [-0.2, 0) is 24.6 Å². The van der Waals surface area contributed by atoms with Gasteiger partial charge in [-0.1, -0.05) is 0 Å². The maximum absolute atomic E-state index is 13.7. The highest BCUT2D eigenvalue weighted by Gasteiger charge is 2.34. The molecule has 1 aromatic carbocycles. The van der Waals surface area contributed by atoms with Crippen molar-refractivity contribution in [3.63, 3.8) is 0 Å². The van der Waals surface area contributed by atoms with Gasteiger partial charge < -0.3 is 25.2 Å². The Labute approximate surface area is 240 Å². The van der Waals surface area contributed by atoms with Crippen molar-refractivity contribution in [2.24, 2.45) is 7.05 Å². The molecule has 0 saturated carbocycles. The Kier molecular flexibility index (Phi) is 8.34. The summed E-state index contributed by atoms with van der Waals surface area (Å²) < 4.78 is 54.6. The zero-order valence-electron chi connectivity index (χ0n) is 22.8. The molecule has 0 unspecified atom stereocenters. The van der Waals surface area contributed by atoms with Gasteiger partial charge in [-0.3, -0.25) is 9.36 Å². The minimum absolute atomic E-state index is 0.0694. The van der Waals surface area contributed by atoms with E-state index in [1.165, 1.54) is 36.3 Å². The molecule has 17 heteroatoms. The van der Waals surface area contributed by atoms with E-state index >= 15 is 0 Å². The second-order valence-electron chi connectivity index (χ2n) is 9.93. The van der Waals surface area contributed by atoms with Crippen molar-refractivity contribution in [2.45, 2.75) is 12.7 Å². The Balaban J connectivity index is 1.47. The van der Waals surface area contributed by atoms with Gasteiger partial charge in [0.2, 0.25) is 5.91 Å². The summed E-state index contributed by atoms with van der Waals surface area (Å²) in [5.74, 6) is -2.27. The summed E-state index contributed by atoms with van der Waals surface area (Å²) in [6.45, 7) is 0.427. The Morgan fingerprint density at radius 1 is 1.23 bits per heavy atom. The largest absolute Gasteiger partial charge is 0.419 e. The second-order valence-corrected chi connectivity index (χ2v) is 9.93. The molecule has 13 nitrogen and oxygen atoms in total. The number of rotatable bonds is 9. The number of benzene rings is 1. The van der Waals surface area contributed by atoms with Crippen LogP contribution in [0.3, 0.4) is 0 Å². The van der Waals surface area contributed by atoms with Crippen LogP contribution in [0, 0.1) is 27.3 Å². The van der Waals surface area contributed by atoms with Crippen molar-refractivity contribution < 1.29 is 31.8 Å². The molecule has 0 bridgehead atoms.